The maximum atomic E-state index is 12.4. The van der Waals surface area contributed by atoms with Gasteiger partial charge in [-0.3, -0.25) is 0 Å². The van der Waals surface area contributed by atoms with Crippen molar-refractivity contribution in [2.24, 2.45) is 0 Å². The molecule has 0 unspecified atom stereocenters. The SMILES string of the molecule is Fc1cccc([Se][Mg+])c1.[Br-]. The fourth-order valence-corrected chi connectivity index (χ4v) is 2.27. The van der Waals surface area contributed by atoms with Crippen LogP contribution in [-0.4, -0.2) is 31.4 Å². The average molecular weight is 278 g/mol. The van der Waals surface area contributed by atoms with Gasteiger partial charge in [0, 0.05) is 0 Å². The van der Waals surface area contributed by atoms with E-state index in [1.54, 1.807) is 12.1 Å². The molecule has 50 valence electrons. The van der Waals surface area contributed by atoms with Gasteiger partial charge in [-0.25, -0.2) is 0 Å². The maximum absolute atomic E-state index is 12.4. The molecule has 4 heteroatoms. The molecule has 1 aromatic rings. The number of hydrogen-bond acceptors (Lipinski definition) is 0. The van der Waals surface area contributed by atoms with Gasteiger partial charge in [-0.15, -0.1) is 0 Å². The van der Waals surface area contributed by atoms with Crippen molar-refractivity contribution in [3.05, 3.63) is 30.1 Å². The fraction of sp³-hybridized carbons (Fsp3) is 0. The first-order chi connectivity index (χ1) is 4.33. The second-order valence-electron chi connectivity index (χ2n) is 1.60. The van der Waals surface area contributed by atoms with Crippen molar-refractivity contribution in [2.75, 3.05) is 0 Å². The van der Waals surface area contributed by atoms with E-state index in [2.05, 4.69) is 0 Å². The van der Waals surface area contributed by atoms with Gasteiger partial charge in [0.25, 0.3) is 0 Å². The number of benzene rings is 1. The Morgan fingerprint density at radius 3 is 2.50 bits per heavy atom. The predicted octanol–water partition coefficient (Wildman–Crippen LogP) is -2.76. The standard InChI is InChI=1S/C6H5FSe.BrH.Mg/c7-5-2-1-3-6(8)4-5;;/h1-4,8H;1H;/q;;+2/p-2. The molecule has 0 aliphatic carbocycles. The molecule has 0 aliphatic heterocycles. The molecule has 0 aromatic heterocycles. The molecule has 0 heterocycles. The van der Waals surface area contributed by atoms with Crippen molar-refractivity contribution < 1.29 is 21.4 Å². The molecule has 0 amide bonds. The van der Waals surface area contributed by atoms with E-state index in [1.807, 2.05) is 25.6 Å². The molecule has 0 saturated heterocycles. The van der Waals surface area contributed by atoms with E-state index in [-0.39, 0.29) is 22.8 Å². The van der Waals surface area contributed by atoms with Crippen LogP contribution in [0.2, 0.25) is 0 Å². The topological polar surface area (TPSA) is 0 Å². The molecule has 0 bridgehead atoms. The van der Waals surface area contributed by atoms with Gasteiger partial charge in [0.2, 0.25) is 0 Å². The summed E-state index contributed by atoms with van der Waals surface area (Å²) in [5.41, 5.74) is 0. The second-order valence-corrected chi connectivity index (χ2v) is 4.70. The van der Waals surface area contributed by atoms with E-state index < -0.39 is 0 Å². The van der Waals surface area contributed by atoms with Crippen LogP contribution in [0.4, 0.5) is 4.39 Å². The normalized spacial score (nSPS) is 8.70. The molecule has 0 fully saturated rings. The number of rotatable bonds is 1. The summed E-state index contributed by atoms with van der Waals surface area (Å²) >= 11 is 2.34. The molecule has 10 heavy (non-hydrogen) atoms. The van der Waals surface area contributed by atoms with Gasteiger partial charge >= 0.3 is 70.4 Å². The van der Waals surface area contributed by atoms with E-state index in [0.29, 0.717) is 11.9 Å². The molecule has 0 saturated carbocycles. The van der Waals surface area contributed by atoms with Crippen molar-refractivity contribution in [1.29, 1.82) is 0 Å². The maximum Gasteiger partial charge on any atom is -1.00 e. The van der Waals surface area contributed by atoms with E-state index in [4.69, 9.17) is 0 Å². The van der Waals surface area contributed by atoms with Gasteiger partial charge in [-0.2, -0.15) is 0 Å². The first kappa shape index (κ1) is 10.9. The van der Waals surface area contributed by atoms with Crippen LogP contribution in [0.25, 0.3) is 0 Å². The second kappa shape index (κ2) is 5.55. The molecule has 0 N–H and O–H groups in total. The van der Waals surface area contributed by atoms with Crippen molar-refractivity contribution in [1.82, 2.24) is 0 Å². The minimum absolute atomic E-state index is 0. The van der Waals surface area contributed by atoms with Gasteiger partial charge in [0.05, 0.1) is 0 Å². The summed E-state index contributed by atoms with van der Waals surface area (Å²) in [4.78, 5) is 0. The zero-order chi connectivity index (χ0) is 6.69. The van der Waals surface area contributed by atoms with Crippen LogP contribution in [0.1, 0.15) is 0 Å². The first-order valence-corrected chi connectivity index (χ1v) is 7.57. The summed E-state index contributed by atoms with van der Waals surface area (Å²) in [6, 6.07) is 6.77. The van der Waals surface area contributed by atoms with Gasteiger partial charge in [0.1, 0.15) is 0 Å². The summed E-state index contributed by atoms with van der Waals surface area (Å²) in [6.45, 7) is 0. The van der Waals surface area contributed by atoms with Gasteiger partial charge < -0.3 is 17.0 Å². The van der Waals surface area contributed by atoms with Crippen molar-refractivity contribution >= 4 is 35.9 Å². The van der Waals surface area contributed by atoms with Crippen LogP contribution in [-0.2, 0) is 0 Å². The van der Waals surface area contributed by atoms with Crippen LogP contribution >= 0.6 is 0 Å². The smallest absolute Gasteiger partial charge is 1.00 e. The molecule has 1 rings (SSSR count). The minimum atomic E-state index is -0.124. The minimum Gasteiger partial charge on any atom is -1.00 e. The molecular weight excluding hydrogens is 274 g/mol. The van der Waals surface area contributed by atoms with E-state index in [9.17, 15) is 4.39 Å². The number of hydrogen-bond donors (Lipinski definition) is 0. The predicted molar refractivity (Wildman–Crippen MR) is 37.5 cm³/mol. The Morgan fingerprint density at radius 2 is 2.10 bits per heavy atom. The van der Waals surface area contributed by atoms with E-state index in [0.717, 1.165) is 4.46 Å². The summed E-state index contributed by atoms with van der Waals surface area (Å²) in [6.07, 6.45) is 0. The summed E-state index contributed by atoms with van der Waals surface area (Å²) in [5, 5.41) is 0. The molecule has 0 radical (unpaired) electrons. The van der Waals surface area contributed by atoms with E-state index in [1.165, 1.54) is 6.07 Å². The van der Waals surface area contributed by atoms with Crippen molar-refractivity contribution in [3.8, 4) is 0 Å². The van der Waals surface area contributed by atoms with Crippen LogP contribution < -0.4 is 21.4 Å². The number of halogens is 2. The monoisotopic (exact) mass is 278 g/mol. The van der Waals surface area contributed by atoms with Crippen LogP contribution in [0.5, 0.6) is 0 Å². The molecule has 0 atom stereocenters. The van der Waals surface area contributed by atoms with Crippen LogP contribution in [0.3, 0.4) is 0 Å². The molecular formula is C6H4BrFMgSe. The molecule has 0 spiro atoms. The third kappa shape index (κ3) is 3.35. The third-order valence-corrected chi connectivity index (χ3v) is 3.93. The van der Waals surface area contributed by atoms with Crippen LogP contribution in [0.15, 0.2) is 24.3 Å². The largest absolute Gasteiger partial charge is 1.00 e. The zero-order valence-electron chi connectivity index (χ0n) is 5.18. The quantitative estimate of drug-likeness (QED) is 0.488. The third-order valence-electron chi connectivity index (χ3n) is 0.963. The summed E-state index contributed by atoms with van der Waals surface area (Å²) in [7, 11) is 0. The Bertz CT molecular complexity index is 207. The summed E-state index contributed by atoms with van der Waals surface area (Å²) < 4.78 is 13.5. The average Bonchev–Trinajstić information content (AvgIpc) is 1.88. The van der Waals surface area contributed by atoms with Crippen molar-refractivity contribution in [3.63, 3.8) is 0 Å². The van der Waals surface area contributed by atoms with E-state index >= 15 is 0 Å². The Morgan fingerprint density at radius 1 is 1.40 bits per heavy atom. The van der Waals surface area contributed by atoms with Gasteiger partial charge in [-0.1, -0.05) is 0 Å². The molecule has 1 aromatic carbocycles. The van der Waals surface area contributed by atoms with Gasteiger partial charge in [-0.05, 0) is 0 Å². The van der Waals surface area contributed by atoms with Crippen molar-refractivity contribution in [2.45, 2.75) is 0 Å². The Kier molecular flexibility index (Phi) is 6.06. The Balaban J connectivity index is 0.000000810. The fourth-order valence-electron chi connectivity index (χ4n) is 0.557. The molecule has 0 nitrogen and oxygen atoms in total. The zero-order valence-corrected chi connectivity index (χ0v) is 9.89. The first-order valence-electron chi connectivity index (χ1n) is 2.50. The summed E-state index contributed by atoms with van der Waals surface area (Å²) in [5.74, 6) is -0.124. The Hall–Kier alpha value is 0.916. The van der Waals surface area contributed by atoms with Gasteiger partial charge in [0.15, 0.2) is 0 Å². The van der Waals surface area contributed by atoms with Crippen LogP contribution in [0, 0.1) is 5.82 Å². The Labute approximate surface area is 86.7 Å². The molecule has 0 aliphatic rings.